The first-order valence-electron chi connectivity index (χ1n) is 6.03. The molecule has 1 fully saturated rings. The molecular formula is C11H19N3S2. The fraction of sp³-hybridized carbons (Fsp3) is 0.818. The highest BCUT2D eigenvalue weighted by Gasteiger charge is 2.15. The van der Waals surface area contributed by atoms with E-state index in [9.17, 15) is 0 Å². The molecule has 0 radical (unpaired) electrons. The number of rotatable bonds is 6. The molecule has 1 aliphatic carbocycles. The summed E-state index contributed by atoms with van der Waals surface area (Å²) in [6, 6.07) is 0. The van der Waals surface area contributed by atoms with Gasteiger partial charge in [-0.05, 0) is 31.4 Å². The Kier molecular flexibility index (Phi) is 4.91. The summed E-state index contributed by atoms with van der Waals surface area (Å²) < 4.78 is 4.01. The topological polar surface area (TPSA) is 37.8 Å². The van der Waals surface area contributed by atoms with Gasteiger partial charge < -0.3 is 5.32 Å². The van der Waals surface area contributed by atoms with Gasteiger partial charge in [0.25, 0.3) is 0 Å². The van der Waals surface area contributed by atoms with Gasteiger partial charge >= 0.3 is 0 Å². The summed E-state index contributed by atoms with van der Waals surface area (Å²) in [5.74, 6) is 3.26. The van der Waals surface area contributed by atoms with Crippen LogP contribution >= 0.6 is 23.3 Å². The fourth-order valence-corrected chi connectivity index (χ4v) is 4.02. The third-order valence-corrected chi connectivity index (χ3v) is 4.87. The molecule has 5 heteroatoms. The summed E-state index contributed by atoms with van der Waals surface area (Å²) in [4.78, 5) is 0. The zero-order chi connectivity index (χ0) is 11.2. The van der Waals surface area contributed by atoms with E-state index < -0.39 is 0 Å². The van der Waals surface area contributed by atoms with Crippen LogP contribution in [0.2, 0.25) is 0 Å². The van der Waals surface area contributed by atoms with E-state index in [4.69, 9.17) is 0 Å². The monoisotopic (exact) mass is 257 g/mol. The summed E-state index contributed by atoms with van der Waals surface area (Å²) in [5.41, 5.74) is 1.13. The molecule has 1 N–H and O–H groups in total. The molecule has 0 saturated heterocycles. The number of nitrogens with zero attached hydrogens (tertiary/aromatic N) is 2. The number of anilines is 1. The Morgan fingerprint density at radius 3 is 3.00 bits per heavy atom. The second kappa shape index (κ2) is 6.45. The molecule has 2 rings (SSSR count). The normalized spacial score (nSPS) is 16.8. The minimum absolute atomic E-state index is 0.949. The van der Waals surface area contributed by atoms with Crippen LogP contribution in [-0.4, -0.2) is 21.9 Å². The molecule has 0 spiro atoms. The molecule has 0 amide bonds. The predicted molar refractivity (Wildman–Crippen MR) is 72.2 cm³/mol. The van der Waals surface area contributed by atoms with Crippen LogP contribution in [0.1, 0.15) is 38.3 Å². The van der Waals surface area contributed by atoms with Crippen LogP contribution in [0.25, 0.3) is 0 Å². The molecular weight excluding hydrogens is 238 g/mol. The molecule has 1 saturated carbocycles. The van der Waals surface area contributed by atoms with Crippen LogP contribution < -0.4 is 5.32 Å². The first-order valence-corrected chi connectivity index (χ1v) is 7.95. The van der Waals surface area contributed by atoms with E-state index in [0.717, 1.165) is 28.9 Å². The van der Waals surface area contributed by atoms with Gasteiger partial charge in [0.05, 0.1) is 0 Å². The van der Waals surface area contributed by atoms with Crippen molar-refractivity contribution >= 4 is 28.3 Å². The van der Waals surface area contributed by atoms with Crippen LogP contribution in [-0.2, 0) is 5.75 Å². The zero-order valence-corrected chi connectivity index (χ0v) is 11.4. The van der Waals surface area contributed by atoms with Crippen molar-refractivity contribution in [2.75, 3.05) is 17.6 Å². The molecule has 16 heavy (non-hydrogen) atoms. The lowest BCUT2D eigenvalue weighted by Gasteiger charge is -2.07. The Morgan fingerprint density at radius 2 is 2.25 bits per heavy atom. The Bertz CT molecular complexity index is 308. The Balaban J connectivity index is 1.73. The van der Waals surface area contributed by atoms with Crippen molar-refractivity contribution in [3.8, 4) is 0 Å². The first kappa shape index (κ1) is 12.2. The van der Waals surface area contributed by atoms with E-state index in [1.165, 1.54) is 43.0 Å². The summed E-state index contributed by atoms with van der Waals surface area (Å²) >= 11 is 3.48. The van der Waals surface area contributed by atoms with Gasteiger partial charge in [-0.3, -0.25) is 0 Å². The first-order chi connectivity index (χ1) is 7.90. The second-order valence-electron chi connectivity index (χ2n) is 4.24. The third kappa shape index (κ3) is 3.35. The van der Waals surface area contributed by atoms with Crippen LogP contribution in [0.5, 0.6) is 0 Å². The van der Waals surface area contributed by atoms with Crippen molar-refractivity contribution in [2.45, 2.75) is 38.4 Å². The zero-order valence-electron chi connectivity index (χ0n) is 9.74. The minimum atomic E-state index is 0.949. The summed E-state index contributed by atoms with van der Waals surface area (Å²) in [6.45, 7) is 3.05. The van der Waals surface area contributed by atoms with Crippen LogP contribution in [0.15, 0.2) is 0 Å². The van der Waals surface area contributed by atoms with Crippen molar-refractivity contribution < 1.29 is 0 Å². The lowest BCUT2D eigenvalue weighted by molar-refractivity contribution is 0.623. The Hall–Kier alpha value is -0.290. The van der Waals surface area contributed by atoms with Crippen molar-refractivity contribution in [2.24, 2.45) is 5.92 Å². The average molecular weight is 257 g/mol. The number of aromatic nitrogens is 2. The van der Waals surface area contributed by atoms with E-state index in [-0.39, 0.29) is 0 Å². The molecule has 1 heterocycles. The minimum Gasteiger partial charge on any atom is -0.374 e. The van der Waals surface area contributed by atoms with E-state index in [0.29, 0.717) is 0 Å². The molecule has 0 aromatic carbocycles. The van der Waals surface area contributed by atoms with Gasteiger partial charge in [0.15, 0.2) is 0 Å². The van der Waals surface area contributed by atoms with Crippen LogP contribution in [0.4, 0.5) is 5.00 Å². The Morgan fingerprint density at radius 1 is 1.44 bits per heavy atom. The van der Waals surface area contributed by atoms with Gasteiger partial charge in [0.1, 0.15) is 10.7 Å². The quantitative estimate of drug-likeness (QED) is 0.847. The SMILES string of the molecule is CCNc1snnc1CSCC1CCCC1. The molecule has 0 aliphatic heterocycles. The highest BCUT2D eigenvalue weighted by Crippen LogP contribution is 2.30. The lowest BCUT2D eigenvalue weighted by atomic mass is 10.1. The smallest absolute Gasteiger partial charge is 0.134 e. The maximum Gasteiger partial charge on any atom is 0.134 e. The van der Waals surface area contributed by atoms with Crippen LogP contribution in [0, 0.1) is 5.92 Å². The molecule has 90 valence electrons. The van der Waals surface area contributed by atoms with Crippen molar-refractivity contribution in [3.05, 3.63) is 5.69 Å². The van der Waals surface area contributed by atoms with E-state index in [1.807, 2.05) is 11.8 Å². The van der Waals surface area contributed by atoms with Gasteiger partial charge in [-0.15, -0.1) is 5.10 Å². The summed E-state index contributed by atoms with van der Waals surface area (Å²) in [6.07, 6.45) is 5.74. The van der Waals surface area contributed by atoms with Crippen LogP contribution in [0.3, 0.4) is 0 Å². The van der Waals surface area contributed by atoms with Gasteiger partial charge in [-0.1, -0.05) is 17.3 Å². The van der Waals surface area contributed by atoms with Crippen molar-refractivity contribution in [1.29, 1.82) is 0 Å². The highest BCUT2D eigenvalue weighted by atomic mass is 32.2. The van der Waals surface area contributed by atoms with Crippen molar-refractivity contribution in [1.82, 2.24) is 9.59 Å². The fourth-order valence-electron chi connectivity index (χ4n) is 2.10. The van der Waals surface area contributed by atoms with E-state index in [1.54, 1.807) is 0 Å². The third-order valence-electron chi connectivity index (χ3n) is 2.96. The molecule has 0 bridgehead atoms. The van der Waals surface area contributed by atoms with E-state index >= 15 is 0 Å². The molecule has 1 aromatic rings. The van der Waals surface area contributed by atoms with E-state index in [2.05, 4.69) is 21.8 Å². The average Bonchev–Trinajstić information content (AvgIpc) is 2.91. The van der Waals surface area contributed by atoms with Crippen molar-refractivity contribution in [3.63, 3.8) is 0 Å². The van der Waals surface area contributed by atoms with Gasteiger partial charge in [-0.2, -0.15) is 11.8 Å². The Labute approximate surface area is 106 Å². The lowest BCUT2D eigenvalue weighted by Crippen LogP contribution is -2.00. The van der Waals surface area contributed by atoms with Gasteiger partial charge in [-0.25, -0.2) is 0 Å². The highest BCUT2D eigenvalue weighted by molar-refractivity contribution is 7.98. The molecule has 0 unspecified atom stereocenters. The summed E-state index contributed by atoms with van der Waals surface area (Å²) in [7, 11) is 0. The molecule has 3 nitrogen and oxygen atoms in total. The number of nitrogens with one attached hydrogen (secondary N) is 1. The number of hydrogen-bond donors (Lipinski definition) is 1. The molecule has 0 atom stereocenters. The van der Waals surface area contributed by atoms with Gasteiger partial charge in [0.2, 0.25) is 0 Å². The maximum absolute atomic E-state index is 4.18. The van der Waals surface area contributed by atoms with Gasteiger partial charge in [0, 0.05) is 23.8 Å². The maximum atomic E-state index is 4.18. The number of thioether (sulfide) groups is 1. The molecule has 1 aliphatic rings. The number of hydrogen-bond acceptors (Lipinski definition) is 5. The predicted octanol–water partition coefficient (Wildman–Crippen LogP) is 3.39. The largest absolute Gasteiger partial charge is 0.374 e. The molecule has 1 aromatic heterocycles. The summed E-state index contributed by atoms with van der Waals surface area (Å²) in [5, 5.41) is 8.65. The second-order valence-corrected chi connectivity index (χ2v) is 6.03. The standard InChI is InChI=1S/C11H19N3S2/c1-2-12-11-10(13-14-16-11)8-15-7-9-5-3-4-6-9/h9,12H,2-8H2,1H3.